The Bertz CT molecular complexity index is 954. The second-order valence-corrected chi connectivity index (χ2v) is 9.57. The number of likely N-dealkylation sites (tertiary alicyclic amines) is 1. The first-order valence-electron chi connectivity index (χ1n) is 11.8. The van der Waals surface area contributed by atoms with E-state index in [0.29, 0.717) is 17.8 Å². The van der Waals surface area contributed by atoms with E-state index in [1.807, 2.05) is 6.92 Å². The summed E-state index contributed by atoms with van der Waals surface area (Å²) in [6, 6.07) is 32.7. The van der Waals surface area contributed by atoms with Gasteiger partial charge < -0.3 is 5.73 Å². The van der Waals surface area contributed by atoms with Gasteiger partial charge in [-0.2, -0.15) is 0 Å². The number of primary amides is 1. The van der Waals surface area contributed by atoms with E-state index in [1.54, 1.807) is 0 Å². The number of hydrogen-bond donors (Lipinski definition) is 1. The third-order valence-corrected chi connectivity index (χ3v) is 8.05. The van der Waals surface area contributed by atoms with Gasteiger partial charge in [-0.25, -0.2) is 0 Å². The molecule has 2 aliphatic rings. The second-order valence-electron chi connectivity index (χ2n) is 9.57. The largest absolute Gasteiger partial charge is 0.369 e. The fraction of sp³-hybridized carbons (Fsp3) is 0.345. The van der Waals surface area contributed by atoms with Gasteiger partial charge in [0.1, 0.15) is 0 Å². The van der Waals surface area contributed by atoms with Crippen LogP contribution < -0.4 is 5.73 Å². The average molecular weight is 425 g/mol. The molecular formula is C29H32N2O. The number of carbonyl (C=O) groups is 1. The van der Waals surface area contributed by atoms with Crippen molar-refractivity contribution in [1.29, 1.82) is 0 Å². The van der Waals surface area contributed by atoms with E-state index < -0.39 is 0 Å². The molecule has 1 saturated heterocycles. The molecule has 1 heterocycles. The van der Waals surface area contributed by atoms with Crippen LogP contribution in [0.4, 0.5) is 0 Å². The summed E-state index contributed by atoms with van der Waals surface area (Å²) >= 11 is 0. The molecule has 0 spiro atoms. The van der Waals surface area contributed by atoms with Crippen LogP contribution in [0.2, 0.25) is 0 Å². The summed E-state index contributed by atoms with van der Waals surface area (Å²) in [6.45, 7) is 4.04. The average Bonchev–Trinajstić information content (AvgIpc) is 3.43. The van der Waals surface area contributed by atoms with Gasteiger partial charge in [0, 0.05) is 19.0 Å². The number of hydrogen-bond acceptors (Lipinski definition) is 2. The number of carbonyl (C=O) groups excluding carboxylic acids is 1. The van der Waals surface area contributed by atoms with Crippen molar-refractivity contribution in [2.45, 2.75) is 25.3 Å². The molecule has 3 heteroatoms. The highest BCUT2D eigenvalue weighted by atomic mass is 16.1. The first-order valence-corrected chi connectivity index (χ1v) is 11.8. The molecule has 1 aliphatic carbocycles. The first-order chi connectivity index (χ1) is 15.6. The van der Waals surface area contributed by atoms with Gasteiger partial charge in [-0.05, 0) is 47.3 Å². The molecule has 5 rings (SSSR count). The molecule has 4 unspecified atom stereocenters. The Kier molecular flexibility index (Phi) is 5.60. The maximum absolute atomic E-state index is 12.0. The highest BCUT2D eigenvalue weighted by Crippen LogP contribution is 2.52. The standard InChI is InChI=1S/C29H32N2O/c1-21(28(30)32)26-18-17-22-19-31(20-27(22)26)29(23-11-5-2-6-12-23,24-13-7-3-8-14-24)25-15-9-4-10-16-25/h2-16,21-22,26-27H,17-20H2,1H3,(H2,30,32). The molecule has 3 aromatic rings. The van der Waals surface area contributed by atoms with E-state index >= 15 is 0 Å². The van der Waals surface area contributed by atoms with E-state index in [1.165, 1.54) is 23.1 Å². The molecule has 2 N–H and O–H groups in total. The zero-order valence-electron chi connectivity index (χ0n) is 18.7. The lowest BCUT2D eigenvalue weighted by molar-refractivity contribution is -0.123. The lowest BCUT2D eigenvalue weighted by Crippen LogP contribution is -2.47. The van der Waals surface area contributed by atoms with Gasteiger partial charge in [-0.3, -0.25) is 9.69 Å². The lowest BCUT2D eigenvalue weighted by Gasteiger charge is -2.44. The van der Waals surface area contributed by atoms with Gasteiger partial charge in [0.05, 0.1) is 5.54 Å². The molecule has 0 radical (unpaired) electrons. The van der Waals surface area contributed by atoms with Crippen molar-refractivity contribution >= 4 is 5.91 Å². The minimum Gasteiger partial charge on any atom is -0.369 e. The summed E-state index contributed by atoms with van der Waals surface area (Å²) in [7, 11) is 0. The molecule has 32 heavy (non-hydrogen) atoms. The van der Waals surface area contributed by atoms with Crippen molar-refractivity contribution in [1.82, 2.24) is 4.90 Å². The van der Waals surface area contributed by atoms with E-state index in [2.05, 4.69) is 95.9 Å². The summed E-state index contributed by atoms with van der Waals surface area (Å²) in [4.78, 5) is 14.7. The zero-order chi connectivity index (χ0) is 22.1. The first kappa shape index (κ1) is 21.0. The minimum atomic E-state index is -0.366. The van der Waals surface area contributed by atoms with Crippen LogP contribution in [0.3, 0.4) is 0 Å². The Hall–Kier alpha value is -2.91. The molecule has 4 atom stereocenters. The molecule has 2 fully saturated rings. The number of fused-ring (bicyclic) bond motifs is 1. The Balaban J connectivity index is 1.66. The second kappa shape index (κ2) is 8.55. The Morgan fingerprint density at radius 2 is 1.28 bits per heavy atom. The van der Waals surface area contributed by atoms with E-state index in [0.717, 1.165) is 19.5 Å². The number of nitrogens with zero attached hydrogens (tertiary/aromatic N) is 1. The van der Waals surface area contributed by atoms with E-state index in [9.17, 15) is 4.79 Å². The Labute approximate surface area is 191 Å². The molecule has 1 aliphatic heterocycles. The van der Waals surface area contributed by atoms with Crippen molar-refractivity contribution < 1.29 is 4.79 Å². The van der Waals surface area contributed by atoms with Gasteiger partial charge in [-0.15, -0.1) is 0 Å². The van der Waals surface area contributed by atoms with E-state index in [-0.39, 0.29) is 17.4 Å². The molecular weight excluding hydrogens is 392 g/mol. The number of rotatable bonds is 6. The van der Waals surface area contributed by atoms with Crippen molar-refractivity contribution in [3.63, 3.8) is 0 Å². The Morgan fingerprint density at radius 1 is 0.812 bits per heavy atom. The lowest BCUT2D eigenvalue weighted by atomic mass is 9.75. The van der Waals surface area contributed by atoms with Gasteiger partial charge in [0.2, 0.25) is 5.91 Å². The molecule has 1 amide bonds. The molecule has 3 nitrogen and oxygen atoms in total. The third-order valence-electron chi connectivity index (χ3n) is 8.05. The monoisotopic (exact) mass is 424 g/mol. The van der Waals surface area contributed by atoms with Gasteiger partial charge in [0.25, 0.3) is 0 Å². The van der Waals surface area contributed by atoms with Crippen LogP contribution in [0.25, 0.3) is 0 Å². The summed E-state index contributed by atoms with van der Waals surface area (Å²) in [5.74, 6) is 1.27. The topological polar surface area (TPSA) is 46.3 Å². The van der Waals surface area contributed by atoms with Crippen molar-refractivity contribution in [2.75, 3.05) is 13.1 Å². The molecule has 0 bridgehead atoms. The van der Waals surface area contributed by atoms with Gasteiger partial charge >= 0.3 is 0 Å². The molecule has 1 saturated carbocycles. The van der Waals surface area contributed by atoms with Crippen molar-refractivity contribution in [2.24, 2.45) is 29.4 Å². The predicted molar refractivity (Wildman–Crippen MR) is 129 cm³/mol. The summed E-state index contributed by atoms with van der Waals surface area (Å²) in [6.07, 6.45) is 2.29. The van der Waals surface area contributed by atoms with Crippen LogP contribution in [0.1, 0.15) is 36.5 Å². The molecule has 0 aromatic heterocycles. The van der Waals surface area contributed by atoms with Crippen LogP contribution in [-0.4, -0.2) is 23.9 Å². The SMILES string of the molecule is CC(C(N)=O)C1CCC2CN(C(c3ccccc3)(c3ccccc3)c3ccccc3)CC21. The van der Waals surface area contributed by atoms with Crippen LogP contribution in [0.15, 0.2) is 91.0 Å². The zero-order valence-corrected chi connectivity index (χ0v) is 18.7. The fourth-order valence-corrected chi connectivity index (χ4v) is 6.50. The molecule has 3 aromatic carbocycles. The van der Waals surface area contributed by atoms with E-state index in [4.69, 9.17) is 5.73 Å². The van der Waals surface area contributed by atoms with Crippen LogP contribution in [-0.2, 0) is 10.3 Å². The highest BCUT2D eigenvalue weighted by Gasteiger charge is 2.52. The van der Waals surface area contributed by atoms with Crippen LogP contribution >= 0.6 is 0 Å². The minimum absolute atomic E-state index is 0.0653. The van der Waals surface area contributed by atoms with Crippen LogP contribution in [0, 0.1) is 23.7 Å². The Morgan fingerprint density at radius 3 is 1.72 bits per heavy atom. The van der Waals surface area contributed by atoms with Crippen molar-refractivity contribution in [3.8, 4) is 0 Å². The molecule has 164 valence electrons. The van der Waals surface area contributed by atoms with Gasteiger partial charge in [-0.1, -0.05) is 97.9 Å². The number of benzene rings is 3. The maximum Gasteiger partial charge on any atom is 0.220 e. The summed E-state index contributed by atoms with van der Waals surface area (Å²) in [5, 5.41) is 0. The maximum atomic E-state index is 12.0. The quantitative estimate of drug-likeness (QED) is 0.562. The normalized spacial score (nSPS) is 24.2. The smallest absolute Gasteiger partial charge is 0.220 e. The fourth-order valence-electron chi connectivity index (χ4n) is 6.50. The summed E-state index contributed by atoms with van der Waals surface area (Å²) < 4.78 is 0. The van der Waals surface area contributed by atoms with Crippen molar-refractivity contribution in [3.05, 3.63) is 108 Å². The number of nitrogens with two attached hydrogens (primary N) is 1. The highest BCUT2D eigenvalue weighted by molar-refractivity contribution is 5.76. The number of amides is 1. The predicted octanol–water partition coefficient (Wildman–Crippen LogP) is 5.06. The van der Waals surface area contributed by atoms with Crippen LogP contribution in [0.5, 0.6) is 0 Å². The third kappa shape index (κ3) is 3.36. The van der Waals surface area contributed by atoms with Gasteiger partial charge in [0.15, 0.2) is 0 Å². The summed E-state index contributed by atoms with van der Waals surface area (Å²) in [5.41, 5.74) is 9.24.